The summed E-state index contributed by atoms with van der Waals surface area (Å²) in [5, 5.41) is 14.4. The molecule has 0 saturated carbocycles. The molecule has 0 spiro atoms. The molecular formula is C20H21F2N5O2S. The van der Waals surface area contributed by atoms with Gasteiger partial charge >= 0.3 is 0 Å². The Morgan fingerprint density at radius 1 is 1.30 bits per heavy atom. The zero-order valence-electron chi connectivity index (χ0n) is 16.0. The number of aromatic nitrogens is 1. The zero-order chi connectivity index (χ0) is 21.3. The lowest BCUT2D eigenvalue weighted by Crippen LogP contribution is -2.55. The SMILES string of the molecule is N[C@H]1C[C@H](O)CN(C2CC=NC=C2NC(=O)c2csc(-c3c(F)cccc3F)n2)C1. The highest BCUT2D eigenvalue weighted by Gasteiger charge is 2.32. The largest absolute Gasteiger partial charge is 0.392 e. The fraction of sp³-hybridized carbons (Fsp3) is 0.350. The van der Waals surface area contributed by atoms with E-state index in [0.29, 0.717) is 31.6 Å². The summed E-state index contributed by atoms with van der Waals surface area (Å²) >= 11 is 0.990. The van der Waals surface area contributed by atoms with Gasteiger partial charge in [-0.15, -0.1) is 11.3 Å². The van der Waals surface area contributed by atoms with Gasteiger partial charge in [-0.05, 0) is 18.6 Å². The lowest BCUT2D eigenvalue weighted by atomic mass is 9.99. The Hall–Kier alpha value is -2.53. The number of hydrogen-bond donors (Lipinski definition) is 3. The van der Waals surface area contributed by atoms with E-state index < -0.39 is 23.6 Å². The van der Waals surface area contributed by atoms with E-state index in [-0.39, 0.29) is 28.3 Å². The Morgan fingerprint density at radius 2 is 2.07 bits per heavy atom. The molecule has 10 heteroatoms. The van der Waals surface area contributed by atoms with Crippen LogP contribution in [-0.4, -0.2) is 58.4 Å². The van der Waals surface area contributed by atoms with Crippen LogP contribution in [0, 0.1) is 11.6 Å². The number of carbonyl (C=O) groups excluding carboxylic acids is 1. The molecule has 0 bridgehead atoms. The molecule has 30 heavy (non-hydrogen) atoms. The maximum atomic E-state index is 14.0. The van der Waals surface area contributed by atoms with Crippen molar-refractivity contribution in [2.75, 3.05) is 13.1 Å². The van der Waals surface area contributed by atoms with E-state index in [1.54, 1.807) is 12.4 Å². The van der Waals surface area contributed by atoms with Gasteiger partial charge in [0.1, 0.15) is 22.3 Å². The molecule has 0 radical (unpaired) electrons. The van der Waals surface area contributed by atoms with Gasteiger partial charge < -0.3 is 16.2 Å². The molecule has 1 fully saturated rings. The number of piperidine rings is 1. The van der Waals surface area contributed by atoms with Gasteiger partial charge in [-0.2, -0.15) is 0 Å². The second-order valence-electron chi connectivity index (χ2n) is 7.36. The summed E-state index contributed by atoms with van der Waals surface area (Å²) in [5.74, 6) is -1.97. The molecule has 158 valence electrons. The second kappa shape index (κ2) is 8.68. The monoisotopic (exact) mass is 433 g/mol. The van der Waals surface area contributed by atoms with Gasteiger partial charge in [0.25, 0.3) is 5.91 Å². The lowest BCUT2D eigenvalue weighted by molar-refractivity contribution is 0.0442. The van der Waals surface area contributed by atoms with Gasteiger partial charge in [0.2, 0.25) is 0 Å². The number of aliphatic hydroxyl groups excluding tert-OH is 1. The first-order chi connectivity index (χ1) is 14.4. The van der Waals surface area contributed by atoms with E-state index in [2.05, 4.69) is 15.3 Å². The van der Waals surface area contributed by atoms with Crippen LogP contribution in [0.4, 0.5) is 8.78 Å². The fourth-order valence-electron chi connectivity index (χ4n) is 3.76. The minimum absolute atomic E-state index is 0.0576. The minimum Gasteiger partial charge on any atom is -0.392 e. The molecule has 1 aromatic heterocycles. The molecule has 4 N–H and O–H groups in total. The number of carbonyl (C=O) groups is 1. The number of nitrogens with one attached hydrogen (secondary N) is 1. The van der Waals surface area contributed by atoms with Gasteiger partial charge in [0.15, 0.2) is 0 Å². The van der Waals surface area contributed by atoms with Crippen molar-refractivity contribution in [1.29, 1.82) is 0 Å². The van der Waals surface area contributed by atoms with Crippen molar-refractivity contribution in [3.8, 4) is 10.6 Å². The van der Waals surface area contributed by atoms with E-state index in [1.165, 1.54) is 11.4 Å². The third kappa shape index (κ3) is 4.31. The van der Waals surface area contributed by atoms with Crippen LogP contribution in [-0.2, 0) is 0 Å². The Morgan fingerprint density at radius 3 is 2.80 bits per heavy atom. The lowest BCUT2D eigenvalue weighted by Gasteiger charge is -2.40. The summed E-state index contributed by atoms with van der Waals surface area (Å²) in [5.41, 5.74) is 6.40. The quantitative estimate of drug-likeness (QED) is 0.683. The average Bonchev–Trinajstić information content (AvgIpc) is 3.17. The molecule has 0 aliphatic carbocycles. The van der Waals surface area contributed by atoms with Crippen molar-refractivity contribution in [3.63, 3.8) is 0 Å². The third-order valence-electron chi connectivity index (χ3n) is 5.11. The molecule has 2 aromatic rings. The van der Waals surface area contributed by atoms with E-state index in [4.69, 9.17) is 5.73 Å². The summed E-state index contributed by atoms with van der Waals surface area (Å²) < 4.78 is 28.0. The van der Waals surface area contributed by atoms with Crippen molar-refractivity contribution in [1.82, 2.24) is 15.2 Å². The van der Waals surface area contributed by atoms with E-state index >= 15 is 0 Å². The van der Waals surface area contributed by atoms with Crippen LogP contribution in [0.3, 0.4) is 0 Å². The molecular weight excluding hydrogens is 412 g/mol. The van der Waals surface area contributed by atoms with Crippen molar-refractivity contribution >= 4 is 23.5 Å². The number of nitrogens with zero attached hydrogens (tertiary/aromatic N) is 3. The number of aliphatic imine (C=N–C) groups is 1. The Balaban J connectivity index is 1.51. The van der Waals surface area contributed by atoms with Crippen LogP contribution in [0.25, 0.3) is 10.6 Å². The number of β-amino-alcohol motifs (C(OH)–C–C–N with tert-alkyl or cyclic N) is 1. The molecule has 1 saturated heterocycles. The summed E-state index contributed by atoms with van der Waals surface area (Å²) in [7, 11) is 0. The molecule has 1 aromatic carbocycles. The topological polar surface area (TPSA) is 104 Å². The first-order valence-electron chi connectivity index (χ1n) is 9.53. The normalized spacial score (nSPS) is 24.5. The van der Waals surface area contributed by atoms with Crippen molar-refractivity contribution in [3.05, 3.63) is 52.8 Å². The number of thiazole rings is 1. The number of hydrogen-bond acceptors (Lipinski definition) is 7. The predicted molar refractivity (Wildman–Crippen MR) is 110 cm³/mol. The molecule has 3 atom stereocenters. The highest BCUT2D eigenvalue weighted by Crippen LogP contribution is 2.29. The summed E-state index contributed by atoms with van der Waals surface area (Å²) in [6.45, 7) is 1.04. The van der Waals surface area contributed by atoms with Gasteiger partial charge in [-0.1, -0.05) is 6.07 Å². The summed E-state index contributed by atoms with van der Waals surface area (Å²) in [6, 6.07) is 3.23. The molecule has 7 nitrogen and oxygen atoms in total. The number of likely N-dealkylation sites (tertiary alicyclic amines) is 1. The molecule has 4 rings (SSSR count). The second-order valence-corrected chi connectivity index (χ2v) is 8.22. The highest BCUT2D eigenvalue weighted by molar-refractivity contribution is 7.13. The van der Waals surface area contributed by atoms with E-state index in [0.717, 1.165) is 23.5 Å². The number of rotatable bonds is 4. The summed E-state index contributed by atoms with van der Waals surface area (Å²) in [4.78, 5) is 23.0. The maximum absolute atomic E-state index is 14.0. The average molecular weight is 433 g/mol. The van der Waals surface area contributed by atoms with Gasteiger partial charge in [-0.25, -0.2) is 13.8 Å². The van der Waals surface area contributed by atoms with Gasteiger partial charge in [0, 0.05) is 43.3 Å². The zero-order valence-corrected chi connectivity index (χ0v) is 16.8. The number of amides is 1. The molecule has 1 unspecified atom stereocenters. The van der Waals surface area contributed by atoms with Crippen LogP contribution in [0.1, 0.15) is 23.3 Å². The Kier molecular flexibility index (Phi) is 6.00. The molecule has 3 heterocycles. The smallest absolute Gasteiger partial charge is 0.275 e. The maximum Gasteiger partial charge on any atom is 0.275 e. The molecule has 2 aliphatic rings. The Bertz CT molecular complexity index is 979. The standard InChI is InChI=1S/C20H21F2N5O2S/c21-13-2-1-3-14(22)18(13)20-26-16(10-30-20)19(29)25-15-7-24-5-4-17(15)27-8-11(23)6-12(28)9-27/h1-3,5,7,10-12,17,28H,4,6,8-9,23H2,(H,25,29)/t11-,12-,17?/m0/s1. The first-order valence-corrected chi connectivity index (χ1v) is 10.4. The van der Waals surface area contributed by atoms with Crippen LogP contribution in [0.2, 0.25) is 0 Å². The van der Waals surface area contributed by atoms with Crippen LogP contribution < -0.4 is 11.1 Å². The van der Waals surface area contributed by atoms with Crippen LogP contribution in [0.5, 0.6) is 0 Å². The van der Waals surface area contributed by atoms with Gasteiger partial charge in [-0.3, -0.25) is 14.7 Å². The van der Waals surface area contributed by atoms with E-state index in [1.807, 2.05) is 4.90 Å². The van der Waals surface area contributed by atoms with Crippen LogP contribution >= 0.6 is 11.3 Å². The van der Waals surface area contributed by atoms with Crippen molar-refractivity contribution in [2.24, 2.45) is 10.7 Å². The molecule has 2 aliphatic heterocycles. The first kappa shape index (κ1) is 20.7. The number of nitrogens with two attached hydrogens (primary N) is 1. The van der Waals surface area contributed by atoms with E-state index in [9.17, 15) is 18.7 Å². The third-order valence-corrected chi connectivity index (χ3v) is 5.97. The van der Waals surface area contributed by atoms with Crippen molar-refractivity contribution in [2.45, 2.75) is 31.0 Å². The minimum atomic E-state index is -0.735. The predicted octanol–water partition coefficient (Wildman–Crippen LogP) is 1.90. The fourth-order valence-corrected chi connectivity index (χ4v) is 4.60. The number of benzene rings is 1. The number of aliphatic hydroxyl groups is 1. The van der Waals surface area contributed by atoms with Gasteiger partial charge in [0.05, 0.1) is 23.4 Å². The molecule has 1 amide bonds. The highest BCUT2D eigenvalue weighted by atomic mass is 32.1. The number of halogens is 2. The van der Waals surface area contributed by atoms with Crippen LogP contribution in [0.15, 0.2) is 40.5 Å². The summed E-state index contributed by atoms with van der Waals surface area (Å²) in [6.07, 6.45) is 3.88. The Labute approximate surface area is 175 Å². The van der Waals surface area contributed by atoms with Crippen molar-refractivity contribution < 1.29 is 18.7 Å².